The molecule has 1 aromatic heterocycles. The van der Waals surface area contributed by atoms with Gasteiger partial charge in [-0.25, -0.2) is 0 Å². The normalized spacial score (nSPS) is 12.8. The number of nitrogens with one attached hydrogen (secondary N) is 1. The maximum absolute atomic E-state index is 6.04. The molecule has 0 radical (unpaired) electrons. The lowest BCUT2D eigenvalue weighted by Gasteiger charge is -2.18. The summed E-state index contributed by atoms with van der Waals surface area (Å²) in [5.74, 6) is 0.645. The molecule has 2 rings (SSSR count). The Bertz CT molecular complexity index is 545. The van der Waals surface area contributed by atoms with Crippen molar-refractivity contribution >= 4 is 11.6 Å². The van der Waals surface area contributed by atoms with E-state index in [-0.39, 0.29) is 0 Å². The molecule has 0 saturated carbocycles. The Morgan fingerprint density at radius 3 is 2.65 bits per heavy atom. The molecule has 1 atom stereocenters. The van der Waals surface area contributed by atoms with Crippen molar-refractivity contribution < 1.29 is 0 Å². The lowest BCUT2D eigenvalue weighted by Crippen LogP contribution is -2.30. The monoisotopic (exact) mass is 290 g/mol. The van der Waals surface area contributed by atoms with E-state index in [1.54, 1.807) is 0 Å². The Kier molecular flexibility index (Phi) is 5.27. The van der Waals surface area contributed by atoms with Gasteiger partial charge in [-0.1, -0.05) is 37.6 Å². The molecule has 0 aliphatic rings. The topological polar surface area (TPSA) is 17.0 Å². The first kappa shape index (κ1) is 15.1. The molecular weight excluding hydrogens is 268 g/mol. The summed E-state index contributed by atoms with van der Waals surface area (Å²) in [5, 5.41) is 4.37. The minimum absolute atomic E-state index is 0.518. The molecule has 20 heavy (non-hydrogen) atoms. The Hall–Kier alpha value is -1.25. The van der Waals surface area contributed by atoms with E-state index in [4.69, 9.17) is 11.6 Å². The van der Waals surface area contributed by atoms with E-state index in [0.29, 0.717) is 12.0 Å². The number of benzene rings is 1. The molecule has 0 aliphatic carbocycles. The van der Waals surface area contributed by atoms with Crippen LogP contribution in [0.3, 0.4) is 0 Å². The van der Waals surface area contributed by atoms with Gasteiger partial charge in [-0.2, -0.15) is 0 Å². The number of halogens is 1. The SMILES string of the molecule is CC(C)C(C)NCc1cccn1Cc1cccc(Cl)c1. The summed E-state index contributed by atoms with van der Waals surface area (Å²) < 4.78 is 2.27. The molecule has 108 valence electrons. The molecule has 0 amide bonds. The average molecular weight is 291 g/mol. The standard InChI is InChI=1S/C17H23ClN2/c1-13(2)14(3)19-11-17-8-5-9-20(17)12-15-6-4-7-16(18)10-15/h4-10,13-14,19H,11-12H2,1-3H3. The van der Waals surface area contributed by atoms with Gasteiger partial charge in [-0.3, -0.25) is 0 Å². The van der Waals surface area contributed by atoms with Crippen LogP contribution in [0.5, 0.6) is 0 Å². The van der Waals surface area contributed by atoms with Crippen molar-refractivity contribution in [1.82, 2.24) is 9.88 Å². The van der Waals surface area contributed by atoms with Crippen LogP contribution in [-0.4, -0.2) is 10.6 Å². The van der Waals surface area contributed by atoms with Crippen molar-refractivity contribution in [2.75, 3.05) is 0 Å². The maximum Gasteiger partial charge on any atom is 0.0473 e. The number of rotatable bonds is 6. The summed E-state index contributed by atoms with van der Waals surface area (Å²) in [6.45, 7) is 8.47. The second kappa shape index (κ2) is 6.96. The second-order valence-electron chi connectivity index (χ2n) is 5.67. The largest absolute Gasteiger partial charge is 0.346 e. The molecule has 3 heteroatoms. The number of hydrogen-bond acceptors (Lipinski definition) is 1. The van der Waals surface area contributed by atoms with E-state index in [9.17, 15) is 0 Å². The van der Waals surface area contributed by atoms with Crippen molar-refractivity contribution in [1.29, 1.82) is 0 Å². The van der Waals surface area contributed by atoms with E-state index in [1.807, 2.05) is 18.2 Å². The van der Waals surface area contributed by atoms with Gasteiger partial charge in [0.15, 0.2) is 0 Å². The molecule has 1 unspecified atom stereocenters. The summed E-state index contributed by atoms with van der Waals surface area (Å²) in [7, 11) is 0. The molecular formula is C17H23ClN2. The minimum Gasteiger partial charge on any atom is -0.346 e. The van der Waals surface area contributed by atoms with E-state index >= 15 is 0 Å². The zero-order valence-corrected chi connectivity index (χ0v) is 13.2. The molecule has 1 aromatic carbocycles. The van der Waals surface area contributed by atoms with Gasteiger partial charge in [0, 0.05) is 36.0 Å². The quantitative estimate of drug-likeness (QED) is 0.838. The Balaban J connectivity index is 2.01. The highest BCUT2D eigenvalue weighted by Gasteiger charge is 2.08. The van der Waals surface area contributed by atoms with E-state index in [2.05, 4.69) is 55.1 Å². The highest BCUT2D eigenvalue weighted by atomic mass is 35.5. The van der Waals surface area contributed by atoms with E-state index in [0.717, 1.165) is 18.1 Å². The van der Waals surface area contributed by atoms with Crippen LogP contribution in [0.15, 0.2) is 42.6 Å². The maximum atomic E-state index is 6.04. The minimum atomic E-state index is 0.518. The highest BCUT2D eigenvalue weighted by Crippen LogP contribution is 2.14. The molecule has 0 spiro atoms. The van der Waals surface area contributed by atoms with Crippen molar-refractivity contribution in [2.24, 2.45) is 5.92 Å². The molecule has 0 aliphatic heterocycles. The van der Waals surface area contributed by atoms with Gasteiger partial charge in [0.05, 0.1) is 0 Å². The van der Waals surface area contributed by atoms with Gasteiger partial charge in [-0.05, 0) is 42.7 Å². The molecule has 0 fully saturated rings. The third kappa shape index (κ3) is 4.12. The van der Waals surface area contributed by atoms with Crippen LogP contribution in [0.25, 0.3) is 0 Å². The fourth-order valence-electron chi connectivity index (χ4n) is 2.10. The lowest BCUT2D eigenvalue weighted by atomic mass is 10.1. The summed E-state index contributed by atoms with van der Waals surface area (Å²) >= 11 is 6.04. The smallest absolute Gasteiger partial charge is 0.0473 e. The first-order chi connectivity index (χ1) is 9.56. The molecule has 2 aromatic rings. The number of nitrogens with zero attached hydrogens (tertiary/aromatic N) is 1. The van der Waals surface area contributed by atoms with E-state index in [1.165, 1.54) is 11.3 Å². The van der Waals surface area contributed by atoms with Crippen LogP contribution in [0.1, 0.15) is 32.0 Å². The fraction of sp³-hybridized carbons (Fsp3) is 0.412. The van der Waals surface area contributed by atoms with Crippen LogP contribution >= 0.6 is 11.6 Å². The summed E-state index contributed by atoms with van der Waals surface area (Å²) in [6, 6.07) is 12.8. The van der Waals surface area contributed by atoms with Crippen molar-refractivity contribution in [3.63, 3.8) is 0 Å². The molecule has 0 bridgehead atoms. The van der Waals surface area contributed by atoms with Crippen LogP contribution in [-0.2, 0) is 13.1 Å². The van der Waals surface area contributed by atoms with Crippen LogP contribution in [0.2, 0.25) is 5.02 Å². The lowest BCUT2D eigenvalue weighted by molar-refractivity contribution is 0.420. The van der Waals surface area contributed by atoms with Gasteiger partial charge in [0.2, 0.25) is 0 Å². The van der Waals surface area contributed by atoms with Gasteiger partial charge in [0.25, 0.3) is 0 Å². The molecule has 2 nitrogen and oxygen atoms in total. The Labute approximate surface area is 126 Å². The van der Waals surface area contributed by atoms with E-state index < -0.39 is 0 Å². The van der Waals surface area contributed by atoms with Crippen LogP contribution in [0, 0.1) is 5.92 Å². The predicted molar refractivity (Wildman–Crippen MR) is 86.1 cm³/mol. The zero-order chi connectivity index (χ0) is 14.5. The number of hydrogen-bond donors (Lipinski definition) is 1. The predicted octanol–water partition coefficient (Wildman–Crippen LogP) is 4.32. The summed E-state index contributed by atoms with van der Waals surface area (Å²) in [5.41, 5.74) is 2.53. The Morgan fingerprint density at radius 2 is 1.95 bits per heavy atom. The first-order valence-electron chi connectivity index (χ1n) is 7.18. The van der Waals surface area contributed by atoms with Crippen molar-refractivity contribution in [2.45, 2.75) is 39.9 Å². The van der Waals surface area contributed by atoms with Crippen LogP contribution < -0.4 is 5.32 Å². The molecule has 0 saturated heterocycles. The third-order valence-corrected chi connectivity index (χ3v) is 4.01. The molecule has 1 heterocycles. The average Bonchev–Trinajstić information content (AvgIpc) is 2.83. The first-order valence-corrected chi connectivity index (χ1v) is 7.56. The van der Waals surface area contributed by atoms with Gasteiger partial charge < -0.3 is 9.88 Å². The van der Waals surface area contributed by atoms with Crippen LogP contribution in [0.4, 0.5) is 0 Å². The highest BCUT2D eigenvalue weighted by molar-refractivity contribution is 6.30. The van der Waals surface area contributed by atoms with Gasteiger partial charge in [0.1, 0.15) is 0 Å². The zero-order valence-electron chi connectivity index (χ0n) is 12.4. The Morgan fingerprint density at radius 1 is 1.15 bits per heavy atom. The summed E-state index contributed by atoms with van der Waals surface area (Å²) in [4.78, 5) is 0. The number of aromatic nitrogens is 1. The van der Waals surface area contributed by atoms with Crippen molar-refractivity contribution in [3.05, 3.63) is 58.9 Å². The third-order valence-electron chi connectivity index (χ3n) is 3.77. The van der Waals surface area contributed by atoms with Gasteiger partial charge in [-0.15, -0.1) is 0 Å². The molecule has 1 N–H and O–H groups in total. The van der Waals surface area contributed by atoms with Crippen molar-refractivity contribution in [3.8, 4) is 0 Å². The summed E-state index contributed by atoms with van der Waals surface area (Å²) in [6.07, 6.45) is 2.12. The second-order valence-corrected chi connectivity index (χ2v) is 6.11. The van der Waals surface area contributed by atoms with Gasteiger partial charge >= 0.3 is 0 Å². The fourth-order valence-corrected chi connectivity index (χ4v) is 2.31.